The lowest BCUT2D eigenvalue weighted by Crippen LogP contribution is -2.18. The van der Waals surface area contributed by atoms with E-state index in [2.05, 4.69) is 43.4 Å². The van der Waals surface area contributed by atoms with E-state index in [9.17, 15) is 9.59 Å². The summed E-state index contributed by atoms with van der Waals surface area (Å²) in [6.45, 7) is 1.97. The average Bonchev–Trinajstić information content (AvgIpc) is 3.10. The molecule has 2 N–H and O–H groups in total. The third kappa shape index (κ3) is 4.25. The molecule has 0 aliphatic heterocycles. The second-order valence-corrected chi connectivity index (χ2v) is 7.51. The van der Waals surface area contributed by atoms with Gasteiger partial charge in [-0.25, -0.2) is 0 Å². The summed E-state index contributed by atoms with van der Waals surface area (Å²) in [5.74, 6) is -0.609. The van der Waals surface area contributed by atoms with Gasteiger partial charge in [0.1, 0.15) is 5.01 Å². The van der Waals surface area contributed by atoms with E-state index < -0.39 is 0 Å². The number of carbonyl (C=O) groups is 2. The van der Waals surface area contributed by atoms with Crippen molar-refractivity contribution in [2.45, 2.75) is 13.3 Å². The van der Waals surface area contributed by atoms with Crippen molar-refractivity contribution in [1.82, 2.24) is 10.2 Å². The number of halogens is 1. The van der Waals surface area contributed by atoms with Gasteiger partial charge in [0.15, 0.2) is 0 Å². The van der Waals surface area contributed by atoms with Crippen LogP contribution in [-0.4, -0.2) is 22.0 Å². The van der Waals surface area contributed by atoms with Gasteiger partial charge >= 0.3 is 0 Å². The monoisotopic (exact) mass is 478 g/mol. The Balaban J connectivity index is 1.80. The molecule has 132 valence electrons. The summed E-state index contributed by atoms with van der Waals surface area (Å²) < 4.78 is 0.838. The molecule has 0 spiro atoms. The minimum atomic E-state index is -0.345. The molecule has 8 heteroatoms. The fraction of sp³-hybridized carbons (Fsp3) is 0.111. The Labute approximate surface area is 168 Å². The van der Waals surface area contributed by atoms with Crippen molar-refractivity contribution in [3.8, 4) is 0 Å². The highest BCUT2D eigenvalue weighted by molar-refractivity contribution is 14.1. The smallest absolute Gasteiger partial charge is 0.259 e. The molecular formula is C18H15IN4O2S. The van der Waals surface area contributed by atoms with E-state index in [1.807, 2.05) is 19.1 Å². The standard InChI is InChI=1S/C18H15IN4O2S/c1-2-15-22-23-18(26-15)21-17(25)12-8-4-6-10-14(12)20-16(24)11-7-3-5-9-13(11)19/h3-10H,2H2,1H3,(H,20,24)(H,21,23,25). The molecule has 0 unspecified atom stereocenters. The lowest BCUT2D eigenvalue weighted by Gasteiger charge is -2.11. The van der Waals surface area contributed by atoms with Crippen LogP contribution in [0.3, 0.4) is 0 Å². The fourth-order valence-corrected chi connectivity index (χ4v) is 3.54. The van der Waals surface area contributed by atoms with Crippen LogP contribution < -0.4 is 10.6 Å². The molecule has 0 atom stereocenters. The summed E-state index contributed by atoms with van der Waals surface area (Å²) >= 11 is 3.44. The summed E-state index contributed by atoms with van der Waals surface area (Å²) in [7, 11) is 0. The number of carbonyl (C=O) groups excluding carboxylic acids is 2. The number of nitrogens with zero attached hydrogens (tertiary/aromatic N) is 2. The minimum absolute atomic E-state index is 0.264. The van der Waals surface area contributed by atoms with E-state index in [0.29, 0.717) is 21.9 Å². The number of aromatic nitrogens is 2. The van der Waals surface area contributed by atoms with Gasteiger partial charge in [0.05, 0.1) is 16.8 Å². The third-order valence-corrected chi connectivity index (χ3v) is 5.45. The summed E-state index contributed by atoms with van der Waals surface area (Å²) in [4.78, 5) is 25.1. The molecule has 3 rings (SSSR count). The summed E-state index contributed by atoms with van der Waals surface area (Å²) in [6, 6.07) is 14.1. The van der Waals surface area contributed by atoms with Crippen LogP contribution in [0.25, 0.3) is 0 Å². The largest absolute Gasteiger partial charge is 0.321 e. The van der Waals surface area contributed by atoms with Crippen LogP contribution in [0.2, 0.25) is 0 Å². The van der Waals surface area contributed by atoms with Crippen LogP contribution in [-0.2, 0) is 6.42 Å². The Morgan fingerprint density at radius 2 is 1.62 bits per heavy atom. The van der Waals surface area contributed by atoms with E-state index in [1.165, 1.54) is 11.3 Å². The molecule has 0 fully saturated rings. The first kappa shape index (κ1) is 18.5. The predicted molar refractivity (Wildman–Crippen MR) is 111 cm³/mol. The highest BCUT2D eigenvalue weighted by Gasteiger charge is 2.16. The molecule has 0 aliphatic carbocycles. The zero-order valence-electron chi connectivity index (χ0n) is 13.8. The molecule has 0 saturated heterocycles. The number of nitrogens with one attached hydrogen (secondary N) is 2. The second kappa shape index (κ2) is 8.37. The third-order valence-electron chi connectivity index (χ3n) is 3.53. The first-order valence-electron chi connectivity index (χ1n) is 7.87. The summed E-state index contributed by atoms with van der Waals surface area (Å²) in [6.07, 6.45) is 0.760. The predicted octanol–water partition coefficient (Wildman–Crippen LogP) is 4.21. The van der Waals surface area contributed by atoms with Crippen LogP contribution in [0.5, 0.6) is 0 Å². The Hall–Kier alpha value is -2.33. The molecule has 0 radical (unpaired) electrons. The molecule has 1 aromatic heterocycles. The number of hydrogen-bond acceptors (Lipinski definition) is 5. The van der Waals surface area contributed by atoms with Crippen LogP contribution in [0, 0.1) is 3.57 Å². The van der Waals surface area contributed by atoms with Crippen molar-refractivity contribution < 1.29 is 9.59 Å². The van der Waals surface area contributed by atoms with Crippen molar-refractivity contribution in [3.63, 3.8) is 0 Å². The molecule has 3 aromatic rings. The van der Waals surface area contributed by atoms with Crippen LogP contribution in [0.1, 0.15) is 32.6 Å². The van der Waals surface area contributed by atoms with Gasteiger partial charge in [-0.1, -0.05) is 42.5 Å². The molecular weight excluding hydrogens is 463 g/mol. The highest BCUT2D eigenvalue weighted by atomic mass is 127. The van der Waals surface area contributed by atoms with Crippen LogP contribution in [0.4, 0.5) is 10.8 Å². The van der Waals surface area contributed by atoms with Gasteiger partial charge in [0.2, 0.25) is 5.13 Å². The molecule has 2 amide bonds. The van der Waals surface area contributed by atoms with Gasteiger partial charge in [-0.3, -0.25) is 14.9 Å². The lowest BCUT2D eigenvalue weighted by atomic mass is 10.1. The molecule has 0 aliphatic rings. The van der Waals surface area contributed by atoms with Crippen LogP contribution in [0.15, 0.2) is 48.5 Å². The van der Waals surface area contributed by atoms with Crippen molar-refractivity contribution in [1.29, 1.82) is 0 Å². The van der Waals surface area contributed by atoms with Crippen LogP contribution >= 0.6 is 33.9 Å². The number of benzene rings is 2. The molecule has 2 aromatic carbocycles. The maximum Gasteiger partial charge on any atom is 0.259 e. The topological polar surface area (TPSA) is 84.0 Å². The van der Waals surface area contributed by atoms with Crippen molar-refractivity contribution >= 4 is 56.6 Å². The molecule has 0 saturated carbocycles. The van der Waals surface area contributed by atoms with E-state index >= 15 is 0 Å². The quantitative estimate of drug-likeness (QED) is 0.539. The second-order valence-electron chi connectivity index (χ2n) is 5.29. The van der Waals surface area contributed by atoms with Gasteiger partial charge in [0.25, 0.3) is 11.8 Å². The van der Waals surface area contributed by atoms with Gasteiger partial charge in [-0.15, -0.1) is 10.2 Å². The van der Waals surface area contributed by atoms with Crippen molar-refractivity contribution in [2.24, 2.45) is 0 Å². The van der Waals surface area contributed by atoms with E-state index in [0.717, 1.165) is 15.0 Å². The summed E-state index contributed by atoms with van der Waals surface area (Å²) in [5.41, 5.74) is 1.36. The van der Waals surface area contributed by atoms with Gasteiger partial charge in [0, 0.05) is 3.57 Å². The summed E-state index contributed by atoms with van der Waals surface area (Å²) in [5, 5.41) is 14.8. The highest BCUT2D eigenvalue weighted by Crippen LogP contribution is 2.21. The van der Waals surface area contributed by atoms with Gasteiger partial charge < -0.3 is 5.32 Å². The first-order chi connectivity index (χ1) is 12.6. The number of hydrogen-bond donors (Lipinski definition) is 2. The lowest BCUT2D eigenvalue weighted by molar-refractivity contribution is 0.102. The zero-order chi connectivity index (χ0) is 18.5. The Morgan fingerprint density at radius 3 is 2.31 bits per heavy atom. The normalized spacial score (nSPS) is 10.4. The molecule has 0 bridgehead atoms. The Kier molecular flexibility index (Phi) is 5.94. The number of anilines is 2. The van der Waals surface area contributed by atoms with Crippen molar-refractivity contribution in [2.75, 3.05) is 10.6 Å². The average molecular weight is 478 g/mol. The van der Waals surface area contributed by atoms with E-state index in [1.54, 1.807) is 36.4 Å². The maximum atomic E-state index is 12.6. The fourth-order valence-electron chi connectivity index (χ4n) is 2.24. The maximum absolute atomic E-state index is 12.6. The van der Waals surface area contributed by atoms with Gasteiger partial charge in [-0.05, 0) is 53.3 Å². The minimum Gasteiger partial charge on any atom is -0.321 e. The Morgan fingerprint density at radius 1 is 0.962 bits per heavy atom. The number of para-hydroxylation sites is 1. The molecule has 1 heterocycles. The van der Waals surface area contributed by atoms with E-state index in [4.69, 9.17) is 0 Å². The Bertz CT molecular complexity index is 958. The van der Waals surface area contributed by atoms with E-state index in [-0.39, 0.29) is 11.8 Å². The number of amides is 2. The zero-order valence-corrected chi connectivity index (χ0v) is 16.8. The first-order valence-corrected chi connectivity index (χ1v) is 9.76. The SMILES string of the molecule is CCc1nnc(NC(=O)c2ccccc2NC(=O)c2ccccc2I)s1. The van der Waals surface area contributed by atoms with Crippen molar-refractivity contribution in [3.05, 3.63) is 68.2 Å². The molecule has 6 nitrogen and oxygen atoms in total. The molecule has 26 heavy (non-hydrogen) atoms. The number of rotatable bonds is 5. The number of aryl methyl sites for hydroxylation is 1. The van der Waals surface area contributed by atoms with Gasteiger partial charge in [-0.2, -0.15) is 0 Å².